The van der Waals surface area contributed by atoms with E-state index in [1.165, 1.54) is 23.5 Å². The van der Waals surface area contributed by atoms with E-state index in [0.717, 1.165) is 38.2 Å². The molecule has 0 radical (unpaired) electrons. The van der Waals surface area contributed by atoms with Crippen LogP contribution in [-0.4, -0.2) is 19.6 Å². The van der Waals surface area contributed by atoms with Crippen molar-refractivity contribution in [1.82, 2.24) is 14.7 Å². The largest absolute Gasteiger partial charge is 0.360 e. The molecule has 0 bridgehead atoms. The molecule has 0 atom stereocenters. The van der Waals surface area contributed by atoms with Crippen molar-refractivity contribution in [3.05, 3.63) is 68.2 Å². The second-order valence-corrected chi connectivity index (χ2v) is 7.31. The molecule has 27 heavy (non-hydrogen) atoms. The van der Waals surface area contributed by atoms with Crippen LogP contribution in [0.15, 0.2) is 34.9 Å². The normalized spacial score (nSPS) is 11.7. The van der Waals surface area contributed by atoms with Crippen LogP contribution in [0.4, 0.5) is 5.69 Å². The van der Waals surface area contributed by atoms with E-state index in [4.69, 9.17) is 4.52 Å². The molecule has 0 amide bonds. The van der Waals surface area contributed by atoms with Crippen LogP contribution in [0.3, 0.4) is 0 Å². The third-order valence-electron chi connectivity index (χ3n) is 4.32. The number of thiazole rings is 1. The number of nitro groups is 1. The molecule has 7 nitrogen and oxygen atoms in total. The van der Waals surface area contributed by atoms with Crippen LogP contribution in [0.2, 0.25) is 0 Å². The quantitative estimate of drug-likeness (QED) is 0.364. The maximum Gasteiger partial charge on any atom is 0.271 e. The van der Waals surface area contributed by atoms with Gasteiger partial charge in [-0.1, -0.05) is 11.2 Å². The molecule has 0 unspecified atom stereocenters. The Hall–Kier alpha value is -3.26. The molecule has 0 saturated carbocycles. The van der Waals surface area contributed by atoms with Gasteiger partial charge in [0, 0.05) is 29.6 Å². The van der Waals surface area contributed by atoms with Crippen molar-refractivity contribution in [1.29, 1.82) is 0 Å². The maximum absolute atomic E-state index is 10.9. The summed E-state index contributed by atoms with van der Waals surface area (Å²) in [5.74, 6) is 1.52. The minimum Gasteiger partial charge on any atom is -0.360 e. The Labute approximate surface area is 158 Å². The Kier molecular flexibility index (Phi) is 4.12. The molecule has 4 aromatic rings. The van der Waals surface area contributed by atoms with E-state index in [9.17, 15) is 10.1 Å². The van der Waals surface area contributed by atoms with Crippen molar-refractivity contribution >= 4 is 39.4 Å². The summed E-state index contributed by atoms with van der Waals surface area (Å²) in [6, 6.07) is 8.71. The van der Waals surface area contributed by atoms with E-state index in [0.29, 0.717) is 5.52 Å². The first kappa shape index (κ1) is 17.2. The van der Waals surface area contributed by atoms with Crippen LogP contribution in [0.1, 0.15) is 27.7 Å². The molecule has 3 heterocycles. The summed E-state index contributed by atoms with van der Waals surface area (Å²) >= 11 is 1.50. The number of fused-ring (bicyclic) bond motifs is 1. The van der Waals surface area contributed by atoms with Crippen LogP contribution < -0.4 is 0 Å². The zero-order chi connectivity index (χ0) is 19.1. The molecule has 0 spiro atoms. The van der Waals surface area contributed by atoms with Crippen molar-refractivity contribution in [3.63, 3.8) is 0 Å². The highest BCUT2D eigenvalue weighted by Crippen LogP contribution is 2.28. The minimum atomic E-state index is -0.408. The molecule has 1 aromatic carbocycles. The number of hydrogen-bond donors (Lipinski definition) is 0. The number of nitro benzene ring substituents is 1. The van der Waals surface area contributed by atoms with Gasteiger partial charge in [-0.05, 0) is 44.5 Å². The van der Waals surface area contributed by atoms with Crippen LogP contribution >= 0.6 is 11.3 Å². The predicted molar refractivity (Wildman–Crippen MR) is 105 cm³/mol. The Balaban J connectivity index is 1.67. The third-order valence-corrected chi connectivity index (χ3v) is 5.32. The summed E-state index contributed by atoms with van der Waals surface area (Å²) in [6.45, 7) is 5.91. The van der Waals surface area contributed by atoms with E-state index in [1.807, 2.05) is 43.6 Å². The number of non-ortho nitro benzene ring substituents is 1. The van der Waals surface area contributed by atoms with Crippen molar-refractivity contribution in [2.45, 2.75) is 20.8 Å². The standard InChI is InChI=1S/C19H16N4O3S/c1-11-8-14(13(3)22(11)18-9-12(2)26-21-18)4-7-19-20-16-10-15(23(24)25)5-6-17(16)27-19/h4-10H,1-3H3/b7-4+. The fourth-order valence-corrected chi connectivity index (χ4v) is 3.90. The van der Waals surface area contributed by atoms with Crippen molar-refractivity contribution in [3.8, 4) is 5.82 Å². The molecule has 0 aliphatic heterocycles. The van der Waals surface area contributed by atoms with Crippen molar-refractivity contribution in [2.75, 3.05) is 0 Å². The second-order valence-electron chi connectivity index (χ2n) is 6.25. The highest BCUT2D eigenvalue weighted by Gasteiger charge is 2.13. The fraction of sp³-hybridized carbons (Fsp3) is 0.158. The Morgan fingerprint density at radius 3 is 2.70 bits per heavy atom. The summed E-state index contributed by atoms with van der Waals surface area (Å²) < 4.78 is 8.14. The second kappa shape index (κ2) is 6.48. The topological polar surface area (TPSA) is 87.0 Å². The summed E-state index contributed by atoms with van der Waals surface area (Å²) in [5.41, 5.74) is 3.85. The fourth-order valence-electron chi connectivity index (χ4n) is 3.05. The SMILES string of the molecule is Cc1cc(-n2c(C)cc(/C=C/c3nc4cc([N+](=O)[O-])ccc4s3)c2C)no1. The van der Waals surface area contributed by atoms with E-state index >= 15 is 0 Å². The summed E-state index contributed by atoms with van der Waals surface area (Å²) in [6.07, 6.45) is 3.93. The zero-order valence-electron chi connectivity index (χ0n) is 15.0. The third kappa shape index (κ3) is 3.15. The first-order valence-corrected chi connectivity index (χ1v) is 9.10. The summed E-state index contributed by atoms with van der Waals surface area (Å²) in [7, 11) is 0. The number of nitrogens with zero attached hydrogens (tertiary/aromatic N) is 4. The van der Waals surface area contributed by atoms with Gasteiger partial charge in [-0.3, -0.25) is 14.7 Å². The van der Waals surface area contributed by atoms with Gasteiger partial charge >= 0.3 is 0 Å². The monoisotopic (exact) mass is 380 g/mol. The number of rotatable bonds is 4. The average Bonchev–Trinajstić information content (AvgIpc) is 3.29. The molecule has 0 aliphatic carbocycles. The summed E-state index contributed by atoms with van der Waals surface area (Å²) in [5, 5.41) is 15.8. The Morgan fingerprint density at radius 2 is 2.00 bits per heavy atom. The van der Waals surface area contributed by atoms with Gasteiger partial charge in [-0.15, -0.1) is 11.3 Å². The molecule has 0 N–H and O–H groups in total. The highest BCUT2D eigenvalue weighted by atomic mass is 32.1. The first-order chi connectivity index (χ1) is 12.9. The first-order valence-electron chi connectivity index (χ1n) is 8.28. The van der Waals surface area contributed by atoms with Crippen LogP contribution in [-0.2, 0) is 0 Å². The van der Waals surface area contributed by atoms with Gasteiger partial charge in [0.1, 0.15) is 10.8 Å². The molecular formula is C19H16N4O3S. The highest BCUT2D eigenvalue weighted by molar-refractivity contribution is 7.19. The van der Waals surface area contributed by atoms with Gasteiger partial charge < -0.3 is 4.52 Å². The zero-order valence-corrected chi connectivity index (χ0v) is 15.8. The van der Waals surface area contributed by atoms with Gasteiger partial charge in [0.2, 0.25) is 0 Å². The van der Waals surface area contributed by atoms with Crippen LogP contribution in [0, 0.1) is 30.9 Å². The lowest BCUT2D eigenvalue weighted by molar-refractivity contribution is -0.384. The minimum absolute atomic E-state index is 0.0507. The van der Waals surface area contributed by atoms with Gasteiger partial charge in [-0.25, -0.2) is 4.98 Å². The molecule has 8 heteroatoms. The lowest BCUT2D eigenvalue weighted by Gasteiger charge is -2.03. The van der Waals surface area contributed by atoms with E-state index in [2.05, 4.69) is 16.2 Å². The predicted octanol–water partition coefficient (Wildman–Crippen LogP) is 5.08. The van der Waals surface area contributed by atoms with Gasteiger partial charge in [0.05, 0.1) is 15.1 Å². The molecule has 136 valence electrons. The number of aryl methyl sites for hydroxylation is 2. The van der Waals surface area contributed by atoms with E-state index in [-0.39, 0.29) is 5.69 Å². The molecule has 0 aliphatic rings. The summed E-state index contributed by atoms with van der Waals surface area (Å²) in [4.78, 5) is 15.0. The lowest BCUT2D eigenvalue weighted by Crippen LogP contribution is -1.98. The van der Waals surface area contributed by atoms with Crippen molar-refractivity contribution < 1.29 is 9.45 Å². The van der Waals surface area contributed by atoms with E-state index in [1.54, 1.807) is 6.07 Å². The Bertz CT molecular complexity index is 1200. The number of benzene rings is 1. The Morgan fingerprint density at radius 1 is 1.19 bits per heavy atom. The van der Waals surface area contributed by atoms with E-state index < -0.39 is 4.92 Å². The van der Waals surface area contributed by atoms with Gasteiger partial charge in [0.15, 0.2) is 5.82 Å². The van der Waals surface area contributed by atoms with Gasteiger partial charge in [-0.2, -0.15) is 0 Å². The number of hydrogen-bond acceptors (Lipinski definition) is 6. The molecule has 4 rings (SSSR count). The molecule has 3 aromatic heterocycles. The molecular weight excluding hydrogens is 364 g/mol. The lowest BCUT2D eigenvalue weighted by atomic mass is 10.2. The average molecular weight is 380 g/mol. The van der Waals surface area contributed by atoms with Crippen LogP contribution in [0.5, 0.6) is 0 Å². The number of aromatic nitrogens is 3. The van der Waals surface area contributed by atoms with Crippen LogP contribution in [0.25, 0.3) is 28.2 Å². The molecule has 0 saturated heterocycles. The van der Waals surface area contributed by atoms with Crippen molar-refractivity contribution in [2.24, 2.45) is 0 Å². The maximum atomic E-state index is 10.9. The smallest absolute Gasteiger partial charge is 0.271 e. The van der Waals surface area contributed by atoms with Gasteiger partial charge in [0.25, 0.3) is 5.69 Å². The molecule has 0 fully saturated rings.